The van der Waals surface area contributed by atoms with Crippen LogP contribution in [-0.2, 0) is 0 Å². The second kappa shape index (κ2) is 4.45. The second-order valence-electron chi connectivity index (χ2n) is 3.04. The number of benzene rings is 1. The molecular weight excluding hydrogens is 196 g/mol. The summed E-state index contributed by atoms with van der Waals surface area (Å²) in [6, 6.07) is 4.18. The van der Waals surface area contributed by atoms with Crippen molar-refractivity contribution in [3.63, 3.8) is 0 Å². The van der Waals surface area contributed by atoms with Crippen molar-refractivity contribution in [1.82, 2.24) is 5.32 Å². The molecule has 0 fully saturated rings. The first-order valence-electron chi connectivity index (χ1n) is 4.37. The van der Waals surface area contributed by atoms with Gasteiger partial charge in [-0.05, 0) is 30.7 Å². The number of carboxylic acids is 1. The van der Waals surface area contributed by atoms with Gasteiger partial charge in [0.2, 0.25) is 0 Å². The zero-order valence-electron chi connectivity index (χ0n) is 8.50. The van der Waals surface area contributed by atoms with Gasteiger partial charge in [-0.25, -0.2) is 9.59 Å². The van der Waals surface area contributed by atoms with Gasteiger partial charge in [-0.3, -0.25) is 0 Å². The third kappa shape index (κ3) is 2.70. The van der Waals surface area contributed by atoms with E-state index in [0.29, 0.717) is 11.3 Å². The summed E-state index contributed by atoms with van der Waals surface area (Å²) in [4.78, 5) is 21.7. The number of carboxylic acid groups (broad SMARTS) is 1. The molecule has 0 heterocycles. The molecule has 0 aliphatic carbocycles. The number of urea groups is 1. The highest BCUT2D eigenvalue weighted by Crippen LogP contribution is 2.16. The highest BCUT2D eigenvalue weighted by molar-refractivity contribution is 5.92. The molecule has 0 aliphatic heterocycles. The number of aromatic carboxylic acids is 1. The van der Waals surface area contributed by atoms with Crippen LogP contribution in [-0.4, -0.2) is 24.2 Å². The van der Waals surface area contributed by atoms with E-state index in [2.05, 4.69) is 10.6 Å². The summed E-state index contributed by atoms with van der Waals surface area (Å²) in [5.74, 6) is -0.982. The molecule has 0 spiro atoms. The maximum absolute atomic E-state index is 11.0. The SMILES string of the molecule is CNC(=O)Nc1ccc(C(=O)O)cc1C. The Morgan fingerprint density at radius 3 is 2.47 bits per heavy atom. The van der Waals surface area contributed by atoms with E-state index in [1.54, 1.807) is 13.0 Å². The highest BCUT2D eigenvalue weighted by Gasteiger charge is 2.06. The molecule has 2 amide bonds. The Bertz CT molecular complexity index is 402. The van der Waals surface area contributed by atoms with Crippen LogP contribution in [0.2, 0.25) is 0 Å². The number of carbonyl (C=O) groups excluding carboxylic acids is 1. The summed E-state index contributed by atoms with van der Waals surface area (Å²) in [7, 11) is 1.51. The number of anilines is 1. The molecule has 80 valence electrons. The first-order chi connectivity index (χ1) is 7.04. The molecule has 0 atom stereocenters. The third-order valence-electron chi connectivity index (χ3n) is 1.95. The number of hydrogen-bond acceptors (Lipinski definition) is 2. The number of aryl methyl sites for hydroxylation is 1. The minimum atomic E-state index is -0.982. The van der Waals surface area contributed by atoms with E-state index in [4.69, 9.17) is 5.11 Å². The molecule has 5 nitrogen and oxygen atoms in total. The van der Waals surface area contributed by atoms with Crippen LogP contribution in [0.3, 0.4) is 0 Å². The first kappa shape index (κ1) is 11.0. The average Bonchev–Trinajstić information content (AvgIpc) is 2.20. The van der Waals surface area contributed by atoms with Crippen LogP contribution >= 0.6 is 0 Å². The zero-order valence-corrected chi connectivity index (χ0v) is 8.50. The van der Waals surface area contributed by atoms with Gasteiger partial charge >= 0.3 is 12.0 Å². The van der Waals surface area contributed by atoms with Gasteiger partial charge in [0.05, 0.1) is 5.56 Å². The van der Waals surface area contributed by atoms with E-state index < -0.39 is 5.97 Å². The normalized spacial score (nSPS) is 9.47. The summed E-state index contributed by atoms with van der Waals surface area (Å²) >= 11 is 0. The third-order valence-corrected chi connectivity index (χ3v) is 1.95. The molecule has 5 heteroatoms. The maximum Gasteiger partial charge on any atom is 0.335 e. The monoisotopic (exact) mass is 208 g/mol. The molecule has 0 saturated carbocycles. The Morgan fingerprint density at radius 1 is 1.33 bits per heavy atom. The van der Waals surface area contributed by atoms with E-state index in [1.807, 2.05) is 0 Å². The fourth-order valence-electron chi connectivity index (χ4n) is 1.12. The van der Waals surface area contributed by atoms with Crippen LogP contribution in [0.1, 0.15) is 15.9 Å². The molecule has 0 radical (unpaired) electrons. The summed E-state index contributed by atoms with van der Waals surface area (Å²) in [5, 5.41) is 13.7. The highest BCUT2D eigenvalue weighted by atomic mass is 16.4. The second-order valence-corrected chi connectivity index (χ2v) is 3.04. The van der Waals surface area contributed by atoms with Crippen molar-refractivity contribution in [1.29, 1.82) is 0 Å². The van der Waals surface area contributed by atoms with Crippen LogP contribution in [0.4, 0.5) is 10.5 Å². The molecule has 3 N–H and O–H groups in total. The fraction of sp³-hybridized carbons (Fsp3) is 0.200. The van der Waals surface area contributed by atoms with E-state index in [9.17, 15) is 9.59 Å². The summed E-state index contributed by atoms with van der Waals surface area (Å²) < 4.78 is 0. The molecule has 1 aromatic rings. The molecule has 1 aromatic carbocycles. The number of hydrogen-bond donors (Lipinski definition) is 3. The average molecular weight is 208 g/mol. The van der Waals surface area contributed by atoms with Gasteiger partial charge in [0.15, 0.2) is 0 Å². The number of carbonyl (C=O) groups is 2. The standard InChI is InChI=1S/C10H12N2O3/c1-6-5-7(9(13)14)3-4-8(6)12-10(15)11-2/h3-5H,1-2H3,(H,13,14)(H2,11,12,15). The van der Waals surface area contributed by atoms with Crippen LogP contribution in [0.5, 0.6) is 0 Å². The molecule has 0 unspecified atom stereocenters. The van der Waals surface area contributed by atoms with Crippen LogP contribution < -0.4 is 10.6 Å². The number of nitrogens with one attached hydrogen (secondary N) is 2. The molecule has 0 saturated heterocycles. The smallest absolute Gasteiger partial charge is 0.335 e. The largest absolute Gasteiger partial charge is 0.478 e. The predicted molar refractivity (Wildman–Crippen MR) is 56.2 cm³/mol. The quantitative estimate of drug-likeness (QED) is 0.688. The molecule has 0 aromatic heterocycles. The zero-order chi connectivity index (χ0) is 11.4. The molecule has 15 heavy (non-hydrogen) atoms. The van der Waals surface area contributed by atoms with Gasteiger partial charge < -0.3 is 15.7 Å². The Labute approximate surface area is 87.1 Å². The Hall–Kier alpha value is -2.04. The van der Waals surface area contributed by atoms with Gasteiger partial charge in [0, 0.05) is 12.7 Å². The summed E-state index contributed by atoms with van der Waals surface area (Å²) in [5.41, 5.74) is 1.51. The lowest BCUT2D eigenvalue weighted by atomic mass is 10.1. The minimum absolute atomic E-state index is 0.204. The molecule has 1 rings (SSSR count). The van der Waals surface area contributed by atoms with Crippen molar-refractivity contribution in [2.75, 3.05) is 12.4 Å². The van der Waals surface area contributed by atoms with Crippen molar-refractivity contribution in [2.45, 2.75) is 6.92 Å². The van der Waals surface area contributed by atoms with Crippen molar-refractivity contribution >= 4 is 17.7 Å². The Morgan fingerprint density at radius 2 is 2.00 bits per heavy atom. The van der Waals surface area contributed by atoms with Crippen molar-refractivity contribution in [3.8, 4) is 0 Å². The molecule has 0 aliphatic rings. The van der Waals surface area contributed by atoms with Gasteiger partial charge in [0.1, 0.15) is 0 Å². The van der Waals surface area contributed by atoms with E-state index in [-0.39, 0.29) is 11.6 Å². The fourth-order valence-corrected chi connectivity index (χ4v) is 1.12. The summed E-state index contributed by atoms with van der Waals surface area (Å²) in [6.07, 6.45) is 0. The van der Waals surface area contributed by atoms with Crippen LogP contribution in [0.25, 0.3) is 0 Å². The minimum Gasteiger partial charge on any atom is -0.478 e. The van der Waals surface area contributed by atoms with E-state index in [1.165, 1.54) is 19.2 Å². The van der Waals surface area contributed by atoms with Crippen molar-refractivity contribution < 1.29 is 14.7 Å². The topological polar surface area (TPSA) is 78.4 Å². The lowest BCUT2D eigenvalue weighted by molar-refractivity contribution is 0.0697. The maximum atomic E-state index is 11.0. The Kier molecular flexibility index (Phi) is 3.28. The van der Waals surface area contributed by atoms with E-state index >= 15 is 0 Å². The van der Waals surface area contributed by atoms with Gasteiger partial charge in [-0.1, -0.05) is 0 Å². The van der Waals surface area contributed by atoms with Crippen LogP contribution in [0.15, 0.2) is 18.2 Å². The van der Waals surface area contributed by atoms with Gasteiger partial charge in [-0.2, -0.15) is 0 Å². The van der Waals surface area contributed by atoms with Crippen molar-refractivity contribution in [3.05, 3.63) is 29.3 Å². The Balaban J connectivity index is 2.93. The van der Waals surface area contributed by atoms with Crippen LogP contribution in [0, 0.1) is 6.92 Å². The lowest BCUT2D eigenvalue weighted by Gasteiger charge is -2.08. The predicted octanol–water partition coefficient (Wildman–Crippen LogP) is 1.44. The van der Waals surface area contributed by atoms with Gasteiger partial charge in [-0.15, -0.1) is 0 Å². The summed E-state index contributed by atoms with van der Waals surface area (Å²) in [6.45, 7) is 1.73. The van der Waals surface area contributed by atoms with E-state index in [0.717, 1.165) is 0 Å². The molecule has 0 bridgehead atoms. The lowest BCUT2D eigenvalue weighted by Crippen LogP contribution is -2.24. The molecular formula is C10H12N2O3. The number of rotatable bonds is 2. The van der Waals surface area contributed by atoms with Crippen molar-refractivity contribution in [2.24, 2.45) is 0 Å². The first-order valence-corrected chi connectivity index (χ1v) is 4.37. The number of amides is 2. The van der Waals surface area contributed by atoms with Gasteiger partial charge in [0.25, 0.3) is 0 Å².